The number of nitrogens with zero attached hydrogens (tertiary/aromatic N) is 1. The summed E-state index contributed by atoms with van der Waals surface area (Å²) in [6.45, 7) is 11.9. The van der Waals surface area contributed by atoms with Crippen LogP contribution < -0.4 is 5.32 Å². The van der Waals surface area contributed by atoms with Crippen molar-refractivity contribution in [2.45, 2.75) is 58.5 Å². The predicted octanol–water partition coefficient (Wildman–Crippen LogP) is 2.25. The first-order valence-corrected chi connectivity index (χ1v) is 7.75. The van der Waals surface area contributed by atoms with Crippen molar-refractivity contribution < 1.29 is 5.11 Å². The van der Waals surface area contributed by atoms with Crippen molar-refractivity contribution in [1.29, 1.82) is 0 Å². The minimum atomic E-state index is -0.429. The zero-order valence-electron chi connectivity index (χ0n) is 12.5. The third-order valence-electron chi connectivity index (χ3n) is 4.38. The SMILES string of the molecule is CCN(CC)CCCNCC1(O)CCC(C)CC1. The molecule has 0 bridgehead atoms. The van der Waals surface area contributed by atoms with E-state index in [4.69, 9.17) is 0 Å². The summed E-state index contributed by atoms with van der Waals surface area (Å²) >= 11 is 0. The molecule has 0 aromatic carbocycles. The monoisotopic (exact) mass is 256 g/mol. The molecule has 2 N–H and O–H groups in total. The van der Waals surface area contributed by atoms with Crippen molar-refractivity contribution in [3.63, 3.8) is 0 Å². The molecule has 1 aliphatic carbocycles. The van der Waals surface area contributed by atoms with E-state index in [0.29, 0.717) is 0 Å². The van der Waals surface area contributed by atoms with Crippen LogP contribution in [-0.4, -0.2) is 48.3 Å². The summed E-state index contributed by atoms with van der Waals surface area (Å²) in [5.41, 5.74) is -0.429. The van der Waals surface area contributed by atoms with Crippen LogP contribution in [0.15, 0.2) is 0 Å². The van der Waals surface area contributed by atoms with Crippen molar-refractivity contribution in [3.8, 4) is 0 Å². The van der Waals surface area contributed by atoms with Crippen LogP contribution in [-0.2, 0) is 0 Å². The Kier molecular flexibility index (Phi) is 7.20. The third kappa shape index (κ3) is 5.68. The average Bonchev–Trinajstić information content (AvgIpc) is 2.38. The maximum Gasteiger partial charge on any atom is 0.0771 e. The smallest absolute Gasteiger partial charge is 0.0771 e. The molecular formula is C15H32N2O. The van der Waals surface area contributed by atoms with Gasteiger partial charge in [0.2, 0.25) is 0 Å². The maximum absolute atomic E-state index is 10.4. The Balaban J connectivity index is 2.07. The third-order valence-corrected chi connectivity index (χ3v) is 4.38. The molecule has 0 atom stereocenters. The highest BCUT2D eigenvalue weighted by atomic mass is 16.3. The summed E-state index contributed by atoms with van der Waals surface area (Å²) in [5, 5.41) is 13.9. The Hall–Kier alpha value is -0.120. The molecule has 0 spiro atoms. The van der Waals surface area contributed by atoms with Gasteiger partial charge in [0.1, 0.15) is 0 Å². The summed E-state index contributed by atoms with van der Waals surface area (Å²) < 4.78 is 0. The fourth-order valence-corrected chi connectivity index (χ4v) is 2.76. The molecule has 0 radical (unpaired) electrons. The van der Waals surface area contributed by atoms with Crippen molar-refractivity contribution in [2.24, 2.45) is 5.92 Å². The van der Waals surface area contributed by atoms with Crippen LogP contribution in [0.2, 0.25) is 0 Å². The first-order chi connectivity index (χ1) is 8.59. The summed E-state index contributed by atoms with van der Waals surface area (Å²) in [6.07, 6.45) is 5.47. The number of nitrogens with one attached hydrogen (secondary N) is 1. The van der Waals surface area contributed by atoms with E-state index in [9.17, 15) is 5.11 Å². The van der Waals surface area contributed by atoms with Gasteiger partial charge in [-0.1, -0.05) is 20.8 Å². The van der Waals surface area contributed by atoms with E-state index in [2.05, 4.69) is 31.0 Å². The Labute approximate surface area is 113 Å². The molecule has 0 aromatic rings. The molecule has 1 saturated carbocycles. The molecule has 0 aromatic heterocycles. The van der Waals surface area contributed by atoms with Crippen LogP contribution in [0.5, 0.6) is 0 Å². The Morgan fingerprint density at radius 3 is 2.39 bits per heavy atom. The van der Waals surface area contributed by atoms with Gasteiger partial charge < -0.3 is 15.3 Å². The highest BCUT2D eigenvalue weighted by molar-refractivity contribution is 4.86. The molecule has 0 heterocycles. The zero-order valence-corrected chi connectivity index (χ0v) is 12.5. The van der Waals surface area contributed by atoms with Gasteiger partial charge in [-0.25, -0.2) is 0 Å². The topological polar surface area (TPSA) is 35.5 Å². The molecular weight excluding hydrogens is 224 g/mol. The summed E-state index contributed by atoms with van der Waals surface area (Å²) in [5.74, 6) is 0.799. The van der Waals surface area contributed by atoms with Gasteiger partial charge in [-0.3, -0.25) is 0 Å². The standard InChI is InChI=1S/C15H32N2O/c1-4-17(5-2)12-6-11-16-13-15(18)9-7-14(3)8-10-15/h14,16,18H,4-13H2,1-3H3. The lowest BCUT2D eigenvalue weighted by atomic mass is 9.79. The van der Waals surface area contributed by atoms with Crippen LogP contribution in [0.4, 0.5) is 0 Å². The quantitative estimate of drug-likeness (QED) is 0.654. The lowest BCUT2D eigenvalue weighted by molar-refractivity contribution is -0.00602. The van der Waals surface area contributed by atoms with Crippen molar-refractivity contribution in [3.05, 3.63) is 0 Å². The van der Waals surface area contributed by atoms with Gasteiger partial charge in [0.25, 0.3) is 0 Å². The number of hydrogen-bond acceptors (Lipinski definition) is 3. The lowest BCUT2D eigenvalue weighted by Gasteiger charge is -2.35. The molecule has 0 unspecified atom stereocenters. The van der Waals surface area contributed by atoms with Gasteiger partial charge in [0.15, 0.2) is 0 Å². The van der Waals surface area contributed by atoms with Crippen LogP contribution in [0.3, 0.4) is 0 Å². The maximum atomic E-state index is 10.4. The van der Waals surface area contributed by atoms with Crippen LogP contribution >= 0.6 is 0 Å². The fourth-order valence-electron chi connectivity index (χ4n) is 2.76. The van der Waals surface area contributed by atoms with E-state index < -0.39 is 5.60 Å². The minimum Gasteiger partial charge on any atom is -0.389 e. The van der Waals surface area contributed by atoms with E-state index in [1.54, 1.807) is 0 Å². The normalized spacial score (nSPS) is 28.8. The molecule has 1 fully saturated rings. The Bertz CT molecular complexity index is 209. The highest BCUT2D eigenvalue weighted by Crippen LogP contribution is 2.31. The average molecular weight is 256 g/mol. The van der Waals surface area contributed by atoms with Gasteiger partial charge >= 0.3 is 0 Å². The fraction of sp³-hybridized carbons (Fsp3) is 1.00. The van der Waals surface area contributed by atoms with Crippen LogP contribution in [0.1, 0.15) is 52.9 Å². The van der Waals surface area contributed by atoms with Crippen LogP contribution in [0.25, 0.3) is 0 Å². The highest BCUT2D eigenvalue weighted by Gasteiger charge is 2.30. The Morgan fingerprint density at radius 1 is 1.22 bits per heavy atom. The second-order valence-corrected chi connectivity index (χ2v) is 5.96. The summed E-state index contributed by atoms with van der Waals surface area (Å²) in [7, 11) is 0. The Morgan fingerprint density at radius 2 is 1.83 bits per heavy atom. The van der Waals surface area contributed by atoms with Gasteiger partial charge in [-0.15, -0.1) is 0 Å². The molecule has 3 heteroatoms. The zero-order chi connectivity index (χ0) is 13.4. The number of aliphatic hydroxyl groups is 1. The lowest BCUT2D eigenvalue weighted by Crippen LogP contribution is -2.43. The van der Waals surface area contributed by atoms with Crippen molar-refractivity contribution in [1.82, 2.24) is 10.2 Å². The molecule has 0 amide bonds. The van der Waals surface area contributed by atoms with E-state index >= 15 is 0 Å². The molecule has 1 aliphatic rings. The van der Waals surface area contributed by atoms with Gasteiger partial charge in [-0.2, -0.15) is 0 Å². The first kappa shape index (κ1) is 15.9. The van der Waals surface area contributed by atoms with Crippen LogP contribution in [0, 0.1) is 5.92 Å². The van der Waals surface area contributed by atoms with Crippen molar-refractivity contribution in [2.75, 3.05) is 32.7 Å². The largest absolute Gasteiger partial charge is 0.389 e. The molecule has 108 valence electrons. The molecule has 1 rings (SSSR count). The number of hydrogen-bond donors (Lipinski definition) is 2. The van der Waals surface area contributed by atoms with E-state index in [1.165, 1.54) is 19.3 Å². The van der Waals surface area contributed by atoms with Crippen molar-refractivity contribution >= 4 is 0 Å². The first-order valence-electron chi connectivity index (χ1n) is 7.75. The van der Waals surface area contributed by atoms with Gasteiger partial charge in [0, 0.05) is 6.54 Å². The van der Waals surface area contributed by atoms with E-state index in [1.807, 2.05) is 0 Å². The van der Waals surface area contributed by atoms with Gasteiger partial charge in [0.05, 0.1) is 5.60 Å². The summed E-state index contributed by atoms with van der Waals surface area (Å²) in [6, 6.07) is 0. The second kappa shape index (κ2) is 8.13. The molecule has 0 aliphatic heterocycles. The second-order valence-electron chi connectivity index (χ2n) is 5.96. The van der Waals surface area contributed by atoms with E-state index in [0.717, 1.165) is 51.5 Å². The molecule has 18 heavy (non-hydrogen) atoms. The molecule has 3 nitrogen and oxygen atoms in total. The molecule has 0 saturated heterocycles. The van der Waals surface area contributed by atoms with E-state index in [-0.39, 0.29) is 0 Å². The minimum absolute atomic E-state index is 0.429. The summed E-state index contributed by atoms with van der Waals surface area (Å²) in [4.78, 5) is 2.44. The van der Waals surface area contributed by atoms with Gasteiger partial charge in [-0.05, 0) is 64.2 Å². The number of rotatable bonds is 8. The predicted molar refractivity (Wildman–Crippen MR) is 77.9 cm³/mol.